The van der Waals surface area contributed by atoms with Gasteiger partial charge in [0.15, 0.2) is 0 Å². The van der Waals surface area contributed by atoms with E-state index in [0.29, 0.717) is 49.9 Å². The molecule has 0 bridgehead atoms. The molecule has 11 heteroatoms. The summed E-state index contributed by atoms with van der Waals surface area (Å²) in [6.07, 6.45) is 8.23. The second-order valence-corrected chi connectivity index (χ2v) is 15.5. The van der Waals surface area contributed by atoms with Gasteiger partial charge in [0.05, 0.1) is 21.9 Å². The molecule has 8 nitrogen and oxygen atoms in total. The number of carboxylic acid groups (broad SMARTS) is 1. The van der Waals surface area contributed by atoms with Crippen LogP contribution in [0.4, 0.5) is 14.5 Å². The number of hydrogen-bond acceptors (Lipinski definition) is 6. The molecule has 0 radical (unpaired) electrons. The van der Waals surface area contributed by atoms with E-state index in [1.54, 1.807) is 0 Å². The first kappa shape index (κ1) is 37.0. The number of fused-ring (bicyclic) bond motifs is 2. The molecule has 1 aromatic rings. The third-order valence-electron chi connectivity index (χ3n) is 8.91. The number of allylic oxidation sites excluding steroid dienone is 3. The van der Waals surface area contributed by atoms with E-state index >= 15 is 4.39 Å². The Morgan fingerprint density at radius 3 is 2.44 bits per heavy atom. The van der Waals surface area contributed by atoms with Crippen molar-refractivity contribution in [1.29, 1.82) is 0 Å². The zero-order valence-electron chi connectivity index (χ0n) is 28.6. The van der Waals surface area contributed by atoms with Crippen LogP contribution in [0.2, 0.25) is 0 Å². The van der Waals surface area contributed by atoms with Crippen molar-refractivity contribution >= 4 is 27.9 Å². The van der Waals surface area contributed by atoms with Gasteiger partial charge in [0.2, 0.25) is 5.36 Å². The van der Waals surface area contributed by atoms with Crippen LogP contribution in [0.3, 0.4) is 0 Å². The van der Waals surface area contributed by atoms with Crippen LogP contribution >= 0.6 is 0 Å². The summed E-state index contributed by atoms with van der Waals surface area (Å²) in [6.45, 7) is 8.48. The van der Waals surface area contributed by atoms with Crippen LogP contribution in [0, 0.1) is 11.6 Å². The molecule has 1 atom stereocenters. The molecule has 0 spiro atoms. The van der Waals surface area contributed by atoms with Crippen molar-refractivity contribution in [2.75, 3.05) is 31.3 Å². The maximum absolute atomic E-state index is 15.6. The van der Waals surface area contributed by atoms with Gasteiger partial charge >= 0.3 is 5.97 Å². The van der Waals surface area contributed by atoms with Crippen molar-refractivity contribution in [3.05, 3.63) is 88.1 Å². The number of benzene rings is 2. The standard InChI is InChI=1S/C37H46F2N2O6S/c1-36(2,3)33-21-25(28-17-16-27(40(5)6)24-31(28)47-33)13-12-14-32-37(4,18-9-11-20-48(44,45)46)29-22-26(38)23-30(39)35(29)41(32)19-10-7-8-15-34(42)43/h12-14,16-17,21-24H,7-11,15,18-20H2,1-6H3,(H-,42,43,44,45,46). The Hall–Kier alpha value is -3.83. The number of rotatable bonds is 13. The van der Waals surface area contributed by atoms with Gasteiger partial charge in [0, 0.05) is 52.9 Å². The molecule has 4 rings (SSSR count). The van der Waals surface area contributed by atoms with E-state index in [9.17, 15) is 22.2 Å². The van der Waals surface area contributed by atoms with E-state index in [1.165, 1.54) is 6.07 Å². The van der Waals surface area contributed by atoms with Crippen LogP contribution in [0.1, 0.15) is 89.5 Å². The molecule has 0 amide bonds. The zero-order chi connectivity index (χ0) is 35.4. The summed E-state index contributed by atoms with van der Waals surface area (Å²) in [5.74, 6) is -1.30. The summed E-state index contributed by atoms with van der Waals surface area (Å²) < 4.78 is 72.6. The Morgan fingerprint density at radius 2 is 1.79 bits per heavy atom. The minimum absolute atomic E-state index is 0.0336. The van der Waals surface area contributed by atoms with Crippen molar-refractivity contribution in [3.63, 3.8) is 0 Å². The molecule has 1 unspecified atom stereocenters. The van der Waals surface area contributed by atoms with E-state index in [0.717, 1.165) is 34.1 Å². The molecule has 0 fully saturated rings. The molecule has 1 aliphatic carbocycles. The van der Waals surface area contributed by atoms with Crippen LogP contribution in [-0.4, -0.2) is 50.4 Å². The van der Waals surface area contributed by atoms with Crippen molar-refractivity contribution in [1.82, 2.24) is 4.58 Å². The largest absolute Gasteiger partial charge is 0.748 e. The van der Waals surface area contributed by atoms with Gasteiger partial charge in [-0.2, -0.15) is 0 Å². The summed E-state index contributed by atoms with van der Waals surface area (Å²) in [5.41, 5.74) is 2.06. The minimum Gasteiger partial charge on any atom is -0.748 e. The monoisotopic (exact) mass is 684 g/mol. The maximum Gasteiger partial charge on any atom is 0.303 e. The Kier molecular flexibility index (Phi) is 11.4. The highest BCUT2D eigenvalue weighted by molar-refractivity contribution is 7.85. The van der Waals surface area contributed by atoms with Crippen LogP contribution in [-0.2, 0) is 25.7 Å². The minimum atomic E-state index is -4.40. The highest BCUT2D eigenvalue weighted by Crippen LogP contribution is 2.52. The number of hydrogen-bond donors (Lipinski definition) is 1. The lowest BCUT2D eigenvalue weighted by atomic mass is 9.77. The van der Waals surface area contributed by atoms with Crippen LogP contribution < -0.4 is 14.8 Å². The number of unbranched alkanes of at least 4 members (excludes halogenated alkanes) is 3. The van der Waals surface area contributed by atoms with Gasteiger partial charge in [0.1, 0.15) is 37.3 Å². The molecule has 2 heterocycles. The summed E-state index contributed by atoms with van der Waals surface area (Å²) in [7, 11) is -0.479. The maximum atomic E-state index is 15.6. The first-order valence-electron chi connectivity index (χ1n) is 16.3. The molecular weight excluding hydrogens is 638 g/mol. The Morgan fingerprint density at radius 1 is 1.06 bits per heavy atom. The van der Waals surface area contributed by atoms with E-state index in [-0.39, 0.29) is 23.9 Å². The number of aliphatic carboxylic acids is 1. The van der Waals surface area contributed by atoms with Gasteiger partial charge in [0.25, 0.3) is 0 Å². The van der Waals surface area contributed by atoms with Crippen molar-refractivity contribution in [2.45, 2.75) is 83.5 Å². The lowest BCUT2D eigenvalue weighted by Crippen LogP contribution is -2.29. The molecule has 3 aliphatic rings. The molecule has 2 aliphatic heterocycles. The first-order chi connectivity index (χ1) is 22.4. The Balaban J connectivity index is 1.82. The summed E-state index contributed by atoms with van der Waals surface area (Å²) >= 11 is 0. The quantitative estimate of drug-likeness (QED) is 0.117. The number of carbonyl (C=O) groups is 1. The van der Waals surface area contributed by atoms with Crippen molar-refractivity contribution < 1.29 is 36.1 Å². The smallest absolute Gasteiger partial charge is 0.303 e. The number of carboxylic acids is 1. The van der Waals surface area contributed by atoms with Gasteiger partial charge in [-0.1, -0.05) is 45.8 Å². The number of halogens is 2. The predicted octanol–water partition coefficient (Wildman–Crippen LogP) is 7.03. The van der Waals surface area contributed by atoms with Crippen LogP contribution in [0.5, 0.6) is 0 Å². The van der Waals surface area contributed by atoms with E-state index < -0.39 is 38.9 Å². The predicted molar refractivity (Wildman–Crippen MR) is 184 cm³/mol. The van der Waals surface area contributed by atoms with Gasteiger partial charge in [-0.3, -0.25) is 4.79 Å². The highest BCUT2D eigenvalue weighted by atomic mass is 32.2. The average molecular weight is 685 g/mol. The Bertz CT molecular complexity index is 1870. The van der Waals surface area contributed by atoms with Crippen molar-refractivity contribution in [3.8, 4) is 11.3 Å². The fraction of sp³-hybridized carbons (Fsp3) is 0.459. The highest BCUT2D eigenvalue weighted by Gasteiger charge is 2.44. The molecule has 48 heavy (non-hydrogen) atoms. The summed E-state index contributed by atoms with van der Waals surface area (Å²) in [6, 6.07) is 10.2. The molecule has 0 saturated carbocycles. The van der Waals surface area contributed by atoms with E-state index in [4.69, 9.17) is 9.52 Å². The fourth-order valence-electron chi connectivity index (χ4n) is 6.30. The van der Waals surface area contributed by atoms with Crippen LogP contribution in [0.25, 0.3) is 17.4 Å². The van der Waals surface area contributed by atoms with Gasteiger partial charge in [-0.05, 0) is 68.0 Å². The fourth-order valence-corrected chi connectivity index (χ4v) is 6.85. The number of anilines is 1. The van der Waals surface area contributed by atoms with E-state index in [2.05, 4.69) is 20.8 Å². The molecule has 0 saturated heterocycles. The normalized spacial score (nSPS) is 17.5. The summed E-state index contributed by atoms with van der Waals surface area (Å²) in [5, 5.41) is 10.1. The van der Waals surface area contributed by atoms with Gasteiger partial charge in [-0.25, -0.2) is 21.8 Å². The second kappa shape index (κ2) is 14.7. The molecule has 0 aromatic heterocycles. The molecular formula is C37H46F2N2O6S. The third kappa shape index (κ3) is 8.79. The SMILES string of the molecule is C[N+](C)=c1ccc2c(/C=C/C=C3/N(CCCCCC(=O)O)c4c(F)cc(F)cc4C3(C)CCCCS(=O)(=O)[O-])cc(C(C)(C)C)oc-2c1. The van der Waals surface area contributed by atoms with Gasteiger partial charge < -0.3 is 19.0 Å². The zero-order valence-corrected chi connectivity index (χ0v) is 29.4. The lowest BCUT2D eigenvalue weighted by molar-refractivity contribution is -0.137. The van der Waals surface area contributed by atoms with Crippen LogP contribution in [0.15, 0.2) is 58.7 Å². The Labute approximate surface area is 282 Å². The van der Waals surface area contributed by atoms with E-state index in [1.807, 2.05) is 73.0 Å². The molecule has 260 valence electrons. The lowest BCUT2D eigenvalue weighted by Gasteiger charge is -2.30. The van der Waals surface area contributed by atoms with Gasteiger partial charge in [-0.15, -0.1) is 0 Å². The topological polar surface area (TPSA) is 114 Å². The van der Waals surface area contributed by atoms with Crippen molar-refractivity contribution in [2.24, 2.45) is 0 Å². The first-order valence-corrected chi connectivity index (χ1v) is 17.9. The third-order valence-corrected chi connectivity index (χ3v) is 9.70. The number of nitrogens with zero attached hydrogens (tertiary/aromatic N) is 2. The summed E-state index contributed by atoms with van der Waals surface area (Å²) in [4.78, 5) is 12.9. The molecule has 1 N–H and O–H groups in total. The molecule has 1 aromatic carbocycles. The second-order valence-electron chi connectivity index (χ2n) is 14.0. The average Bonchev–Trinajstić information content (AvgIpc) is 3.20.